The number of carboxylic acid groups (broad SMARTS) is 1. The quantitative estimate of drug-likeness (QED) is 0.547. The first kappa shape index (κ1) is 18.8. The van der Waals surface area contributed by atoms with Crippen molar-refractivity contribution in [1.29, 1.82) is 0 Å². The normalized spacial score (nSPS) is 13.2. The van der Waals surface area contributed by atoms with Crippen LogP contribution in [-0.2, 0) is 24.5 Å². The number of unbranched alkanes of at least 4 members (excludes halogenated alkanes) is 1. The smallest absolute Gasteiger partial charge is 0.321 e. The molecule has 8 nitrogen and oxygen atoms in total. The van der Waals surface area contributed by atoms with Gasteiger partial charge >= 0.3 is 11.9 Å². The highest BCUT2D eigenvalue weighted by atomic mass is 32.2. The standard InChI is InChI=1S/C11H22N2O6S/c1-4-5-8-13(2)20(17,18)12-9(11(15)16)6-7-10(14)19-3/h9,12H,4-8H2,1-3H3,(H,15,16)/t9-/m1/s1. The van der Waals surface area contributed by atoms with Crippen molar-refractivity contribution in [3.05, 3.63) is 0 Å². The third-order valence-corrected chi connectivity index (χ3v) is 4.28. The molecule has 118 valence electrons. The number of aliphatic carboxylic acids is 1. The number of rotatable bonds is 10. The van der Waals surface area contributed by atoms with Crippen molar-refractivity contribution in [1.82, 2.24) is 9.03 Å². The minimum absolute atomic E-state index is 0.164. The lowest BCUT2D eigenvalue weighted by Crippen LogP contribution is -2.47. The lowest BCUT2D eigenvalue weighted by atomic mass is 10.2. The summed E-state index contributed by atoms with van der Waals surface area (Å²) in [5.41, 5.74) is 0. The lowest BCUT2D eigenvalue weighted by molar-refractivity contribution is -0.142. The topological polar surface area (TPSA) is 113 Å². The Morgan fingerprint density at radius 2 is 2.00 bits per heavy atom. The van der Waals surface area contributed by atoms with Crippen LogP contribution in [0.2, 0.25) is 0 Å². The number of nitrogens with one attached hydrogen (secondary N) is 1. The van der Waals surface area contributed by atoms with Gasteiger partial charge in [0.15, 0.2) is 0 Å². The predicted molar refractivity (Wildman–Crippen MR) is 72.3 cm³/mol. The molecule has 0 aliphatic rings. The van der Waals surface area contributed by atoms with E-state index in [1.165, 1.54) is 14.2 Å². The highest BCUT2D eigenvalue weighted by molar-refractivity contribution is 7.87. The maximum absolute atomic E-state index is 11.9. The number of hydrogen-bond donors (Lipinski definition) is 2. The fourth-order valence-electron chi connectivity index (χ4n) is 1.37. The zero-order chi connectivity index (χ0) is 15.8. The molecule has 0 radical (unpaired) electrons. The van der Waals surface area contributed by atoms with Crippen molar-refractivity contribution in [2.75, 3.05) is 20.7 Å². The van der Waals surface area contributed by atoms with Gasteiger partial charge in [-0.3, -0.25) is 9.59 Å². The monoisotopic (exact) mass is 310 g/mol. The molecule has 20 heavy (non-hydrogen) atoms. The molecular weight excluding hydrogens is 288 g/mol. The van der Waals surface area contributed by atoms with Crippen molar-refractivity contribution < 1.29 is 27.9 Å². The molecule has 1 atom stereocenters. The lowest BCUT2D eigenvalue weighted by Gasteiger charge is -2.20. The molecule has 0 aliphatic carbocycles. The molecule has 0 spiro atoms. The summed E-state index contributed by atoms with van der Waals surface area (Å²) in [5.74, 6) is -1.92. The van der Waals surface area contributed by atoms with Crippen molar-refractivity contribution in [3.8, 4) is 0 Å². The summed E-state index contributed by atoms with van der Waals surface area (Å²) in [6.07, 6.45) is 1.17. The van der Waals surface area contributed by atoms with E-state index in [9.17, 15) is 18.0 Å². The van der Waals surface area contributed by atoms with Gasteiger partial charge < -0.3 is 9.84 Å². The van der Waals surface area contributed by atoms with Crippen LogP contribution in [0.5, 0.6) is 0 Å². The third-order valence-electron chi connectivity index (χ3n) is 2.69. The summed E-state index contributed by atoms with van der Waals surface area (Å²) in [6.45, 7) is 2.22. The molecule has 0 fully saturated rings. The van der Waals surface area contributed by atoms with E-state index < -0.39 is 28.2 Å². The van der Waals surface area contributed by atoms with Gasteiger partial charge in [-0.2, -0.15) is 17.4 Å². The summed E-state index contributed by atoms with van der Waals surface area (Å²) in [5, 5.41) is 8.98. The molecule has 0 unspecified atom stereocenters. The van der Waals surface area contributed by atoms with Crippen LogP contribution in [-0.4, -0.2) is 56.5 Å². The Morgan fingerprint density at radius 1 is 1.40 bits per heavy atom. The van der Waals surface area contributed by atoms with E-state index in [-0.39, 0.29) is 12.8 Å². The summed E-state index contributed by atoms with van der Waals surface area (Å²) < 4.78 is 31.3. The van der Waals surface area contributed by atoms with Crippen molar-refractivity contribution >= 4 is 22.1 Å². The maximum atomic E-state index is 11.9. The van der Waals surface area contributed by atoms with Gasteiger partial charge in [0, 0.05) is 20.0 Å². The van der Waals surface area contributed by atoms with Crippen LogP contribution in [0.15, 0.2) is 0 Å². The van der Waals surface area contributed by atoms with Gasteiger partial charge in [0.1, 0.15) is 6.04 Å². The molecule has 9 heteroatoms. The molecule has 0 heterocycles. The minimum atomic E-state index is -3.88. The van der Waals surface area contributed by atoms with E-state index in [0.717, 1.165) is 10.7 Å². The maximum Gasteiger partial charge on any atom is 0.321 e. The fourth-order valence-corrected chi connectivity index (χ4v) is 2.50. The molecular formula is C11H22N2O6S. The molecule has 0 saturated heterocycles. The fraction of sp³-hybridized carbons (Fsp3) is 0.818. The Balaban J connectivity index is 4.64. The molecule has 0 aliphatic heterocycles. The van der Waals surface area contributed by atoms with Crippen LogP contribution in [0.25, 0.3) is 0 Å². The number of carbonyl (C=O) groups excluding carboxylic acids is 1. The molecule has 0 aromatic carbocycles. The zero-order valence-corrected chi connectivity index (χ0v) is 12.8. The van der Waals surface area contributed by atoms with E-state index in [2.05, 4.69) is 9.46 Å². The van der Waals surface area contributed by atoms with E-state index in [1.54, 1.807) is 0 Å². The summed E-state index contributed by atoms with van der Waals surface area (Å²) in [7, 11) is -1.33. The average Bonchev–Trinajstić information content (AvgIpc) is 2.39. The van der Waals surface area contributed by atoms with Crippen molar-refractivity contribution in [2.24, 2.45) is 0 Å². The van der Waals surface area contributed by atoms with E-state index in [4.69, 9.17) is 5.11 Å². The largest absolute Gasteiger partial charge is 0.480 e. The summed E-state index contributed by atoms with van der Waals surface area (Å²) >= 11 is 0. The Bertz CT molecular complexity index is 423. The molecule has 0 rings (SSSR count). The zero-order valence-electron chi connectivity index (χ0n) is 12.0. The van der Waals surface area contributed by atoms with E-state index in [0.29, 0.717) is 13.0 Å². The minimum Gasteiger partial charge on any atom is -0.480 e. The van der Waals surface area contributed by atoms with Gasteiger partial charge in [-0.25, -0.2) is 0 Å². The molecule has 0 saturated carbocycles. The van der Waals surface area contributed by atoms with Crippen LogP contribution in [0.4, 0.5) is 0 Å². The number of carboxylic acids is 1. The van der Waals surface area contributed by atoms with Gasteiger partial charge in [-0.05, 0) is 12.8 Å². The number of methoxy groups -OCH3 is 1. The van der Waals surface area contributed by atoms with Crippen LogP contribution >= 0.6 is 0 Å². The van der Waals surface area contributed by atoms with Crippen LogP contribution in [0.3, 0.4) is 0 Å². The highest BCUT2D eigenvalue weighted by Gasteiger charge is 2.27. The third kappa shape index (κ3) is 6.83. The Morgan fingerprint density at radius 3 is 2.45 bits per heavy atom. The molecule has 2 N–H and O–H groups in total. The second-order valence-corrected chi connectivity index (χ2v) is 6.11. The number of hydrogen-bond acceptors (Lipinski definition) is 5. The molecule has 0 amide bonds. The average molecular weight is 310 g/mol. The van der Waals surface area contributed by atoms with Crippen LogP contribution < -0.4 is 4.72 Å². The number of ether oxygens (including phenoxy) is 1. The van der Waals surface area contributed by atoms with Gasteiger partial charge in [-0.15, -0.1) is 0 Å². The number of esters is 1. The van der Waals surface area contributed by atoms with Crippen LogP contribution in [0.1, 0.15) is 32.6 Å². The van der Waals surface area contributed by atoms with Gasteiger partial charge in [0.2, 0.25) is 0 Å². The number of nitrogens with zero attached hydrogens (tertiary/aromatic N) is 1. The second-order valence-electron chi connectivity index (χ2n) is 4.30. The van der Waals surface area contributed by atoms with Gasteiger partial charge in [0.05, 0.1) is 7.11 Å². The highest BCUT2D eigenvalue weighted by Crippen LogP contribution is 2.05. The van der Waals surface area contributed by atoms with Crippen LogP contribution in [0, 0.1) is 0 Å². The van der Waals surface area contributed by atoms with Gasteiger partial charge in [0.25, 0.3) is 10.2 Å². The first-order valence-corrected chi connectivity index (χ1v) is 7.71. The predicted octanol–water partition coefficient (Wildman–Crippen LogP) is -0.0409. The van der Waals surface area contributed by atoms with Crippen molar-refractivity contribution in [3.63, 3.8) is 0 Å². The Hall–Kier alpha value is -1.19. The molecule has 0 bridgehead atoms. The Labute approximate surface area is 119 Å². The first-order chi connectivity index (χ1) is 9.24. The van der Waals surface area contributed by atoms with E-state index in [1.807, 2.05) is 6.92 Å². The summed E-state index contributed by atoms with van der Waals surface area (Å²) in [6, 6.07) is -1.36. The molecule has 0 aromatic rings. The Kier molecular flexibility index (Phi) is 8.35. The van der Waals surface area contributed by atoms with E-state index >= 15 is 0 Å². The number of carbonyl (C=O) groups is 2. The SMILES string of the molecule is CCCCN(C)S(=O)(=O)N[C@H](CCC(=O)OC)C(=O)O. The first-order valence-electron chi connectivity index (χ1n) is 6.27. The van der Waals surface area contributed by atoms with Gasteiger partial charge in [-0.1, -0.05) is 13.3 Å². The van der Waals surface area contributed by atoms with Crippen molar-refractivity contribution in [2.45, 2.75) is 38.6 Å². The molecule has 0 aromatic heterocycles. The second kappa shape index (κ2) is 8.88. The summed E-state index contributed by atoms with van der Waals surface area (Å²) in [4.78, 5) is 22.0.